The monoisotopic (exact) mass is 213 g/mol. The fraction of sp³-hybridized carbons (Fsp3) is 0.231. The SMILES string of the molecule is Cc1cccc(NCCc2ccccn2)n1. The second-order valence-corrected chi connectivity index (χ2v) is 3.66. The first-order chi connectivity index (χ1) is 7.84. The predicted molar refractivity (Wildman–Crippen MR) is 65.4 cm³/mol. The first-order valence-corrected chi connectivity index (χ1v) is 5.42. The topological polar surface area (TPSA) is 37.8 Å². The minimum atomic E-state index is 0.855. The fourth-order valence-electron chi connectivity index (χ4n) is 1.51. The van der Waals surface area contributed by atoms with Gasteiger partial charge in [0.25, 0.3) is 0 Å². The summed E-state index contributed by atoms with van der Waals surface area (Å²) in [5, 5.41) is 3.28. The van der Waals surface area contributed by atoms with Crippen molar-refractivity contribution >= 4 is 5.82 Å². The van der Waals surface area contributed by atoms with Crippen LogP contribution in [0.4, 0.5) is 5.82 Å². The number of aromatic nitrogens is 2. The molecule has 0 aromatic carbocycles. The van der Waals surface area contributed by atoms with E-state index in [1.54, 1.807) is 0 Å². The van der Waals surface area contributed by atoms with Gasteiger partial charge < -0.3 is 5.32 Å². The standard InChI is InChI=1S/C13H15N3/c1-11-5-4-7-13(16-11)15-10-8-12-6-2-3-9-14-12/h2-7,9H,8,10H2,1H3,(H,15,16). The van der Waals surface area contributed by atoms with Crippen molar-refractivity contribution in [2.45, 2.75) is 13.3 Å². The van der Waals surface area contributed by atoms with E-state index < -0.39 is 0 Å². The van der Waals surface area contributed by atoms with Crippen molar-refractivity contribution in [3.05, 3.63) is 54.0 Å². The van der Waals surface area contributed by atoms with Gasteiger partial charge in [0.2, 0.25) is 0 Å². The van der Waals surface area contributed by atoms with Crippen LogP contribution in [0.5, 0.6) is 0 Å². The van der Waals surface area contributed by atoms with Crippen LogP contribution in [-0.4, -0.2) is 16.5 Å². The number of pyridine rings is 2. The van der Waals surface area contributed by atoms with E-state index in [2.05, 4.69) is 15.3 Å². The third-order valence-electron chi connectivity index (χ3n) is 2.30. The minimum Gasteiger partial charge on any atom is -0.370 e. The summed E-state index contributed by atoms with van der Waals surface area (Å²) in [5.41, 5.74) is 2.13. The molecule has 0 aliphatic heterocycles. The van der Waals surface area contributed by atoms with E-state index in [-0.39, 0.29) is 0 Å². The van der Waals surface area contributed by atoms with Gasteiger partial charge in [0.05, 0.1) is 0 Å². The molecular weight excluding hydrogens is 198 g/mol. The number of nitrogens with zero attached hydrogens (tertiary/aromatic N) is 2. The zero-order valence-corrected chi connectivity index (χ0v) is 9.35. The summed E-state index contributed by atoms with van der Waals surface area (Å²) < 4.78 is 0. The molecule has 1 N–H and O–H groups in total. The lowest BCUT2D eigenvalue weighted by Gasteiger charge is -2.05. The fourth-order valence-corrected chi connectivity index (χ4v) is 1.51. The van der Waals surface area contributed by atoms with E-state index in [1.165, 1.54) is 0 Å². The molecule has 0 fully saturated rings. The molecular formula is C13H15N3. The lowest BCUT2D eigenvalue weighted by Crippen LogP contribution is -2.07. The zero-order chi connectivity index (χ0) is 11.2. The molecule has 3 nitrogen and oxygen atoms in total. The van der Waals surface area contributed by atoms with Crippen molar-refractivity contribution < 1.29 is 0 Å². The number of hydrogen-bond donors (Lipinski definition) is 1. The van der Waals surface area contributed by atoms with Crippen molar-refractivity contribution in [3.63, 3.8) is 0 Å². The molecule has 0 aliphatic carbocycles. The molecule has 0 unspecified atom stereocenters. The van der Waals surface area contributed by atoms with E-state index in [4.69, 9.17) is 0 Å². The van der Waals surface area contributed by atoms with E-state index in [9.17, 15) is 0 Å². The molecule has 2 aromatic rings. The molecule has 16 heavy (non-hydrogen) atoms. The average molecular weight is 213 g/mol. The van der Waals surface area contributed by atoms with Crippen LogP contribution in [-0.2, 0) is 6.42 Å². The van der Waals surface area contributed by atoms with Gasteiger partial charge in [0.1, 0.15) is 5.82 Å². The quantitative estimate of drug-likeness (QED) is 0.847. The Morgan fingerprint density at radius 2 is 2.06 bits per heavy atom. The van der Waals surface area contributed by atoms with Gasteiger partial charge in [-0.25, -0.2) is 4.98 Å². The van der Waals surface area contributed by atoms with Crippen molar-refractivity contribution in [1.82, 2.24) is 9.97 Å². The number of anilines is 1. The Morgan fingerprint density at radius 1 is 1.12 bits per heavy atom. The molecule has 0 aliphatic rings. The van der Waals surface area contributed by atoms with Crippen LogP contribution in [0.25, 0.3) is 0 Å². The maximum Gasteiger partial charge on any atom is 0.126 e. The lowest BCUT2D eigenvalue weighted by molar-refractivity contribution is 0.951. The van der Waals surface area contributed by atoms with Crippen molar-refractivity contribution in [2.24, 2.45) is 0 Å². The molecule has 0 radical (unpaired) electrons. The average Bonchev–Trinajstić information content (AvgIpc) is 2.30. The molecule has 2 rings (SSSR count). The Morgan fingerprint density at radius 3 is 2.81 bits per heavy atom. The molecule has 0 atom stereocenters. The van der Waals surface area contributed by atoms with Crippen LogP contribution in [0.1, 0.15) is 11.4 Å². The summed E-state index contributed by atoms with van der Waals surface area (Å²) in [6.07, 6.45) is 2.73. The predicted octanol–water partition coefficient (Wildman–Crippen LogP) is 2.44. The van der Waals surface area contributed by atoms with Crippen LogP contribution in [0, 0.1) is 6.92 Å². The molecule has 0 saturated carbocycles. The third kappa shape index (κ3) is 3.05. The van der Waals surface area contributed by atoms with Crippen LogP contribution < -0.4 is 5.32 Å². The second kappa shape index (κ2) is 5.26. The van der Waals surface area contributed by atoms with Crippen LogP contribution >= 0.6 is 0 Å². The summed E-state index contributed by atoms with van der Waals surface area (Å²) in [4.78, 5) is 8.64. The smallest absolute Gasteiger partial charge is 0.126 e. The molecule has 2 aromatic heterocycles. The van der Waals surface area contributed by atoms with Gasteiger partial charge in [-0.3, -0.25) is 4.98 Å². The van der Waals surface area contributed by atoms with Crippen molar-refractivity contribution in [3.8, 4) is 0 Å². The van der Waals surface area contributed by atoms with Crippen LogP contribution in [0.15, 0.2) is 42.6 Å². The van der Waals surface area contributed by atoms with E-state index in [0.717, 1.165) is 30.2 Å². The molecule has 2 heterocycles. The van der Waals surface area contributed by atoms with Gasteiger partial charge in [-0.05, 0) is 31.2 Å². The zero-order valence-electron chi connectivity index (χ0n) is 9.35. The highest BCUT2D eigenvalue weighted by Gasteiger charge is 1.95. The number of hydrogen-bond acceptors (Lipinski definition) is 3. The summed E-state index contributed by atoms with van der Waals surface area (Å²) >= 11 is 0. The Balaban J connectivity index is 1.85. The highest BCUT2D eigenvalue weighted by Crippen LogP contribution is 2.04. The number of rotatable bonds is 4. The Bertz CT molecular complexity index is 440. The maximum absolute atomic E-state index is 4.37. The number of aryl methyl sites for hydroxylation is 1. The number of nitrogens with one attached hydrogen (secondary N) is 1. The highest BCUT2D eigenvalue weighted by atomic mass is 15.0. The molecule has 3 heteroatoms. The van der Waals surface area contributed by atoms with E-state index in [1.807, 2.05) is 49.5 Å². The normalized spacial score (nSPS) is 10.1. The Labute approximate surface area is 95.6 Å². The van der Waals surface area contributed by atoms with Crippen molar-refractivity contribution in [2.75, 3.05) is 11.9 Å². The van der Waals surface area contributed by atoms with E-state index in [0.29, 0.717) is 0 Å². The molecule has 0 saturated heterocycles. The van der Waals surface area contributed by atoms with Crippen molar-refractivity contribution in [1.29, 1.82) is 0 Å². The van der Waals surface area contributed by atoms with Crippen LogP contribution in [0.2, 0.25) is 0 Å². The van der Waals surface area contributed by atoms with Gasteiger partial charge in [-0.15, -0.1) is 0 Å². The largest absolute Gasteiger partial charge is 0.370 e. The van der Waals surface area contributed by atoms with Gasteiger partial charge in [-0.2, -0.15) is 0 Å². The summed E-state index contributed by atoms with van der Waals surface area (Å²) in [6.45, 7) is 2.84. The van der Waals surface area contributed by atoms with Crippen LogP contribution in [0.3, 0.4) is 0 Å². The van der Waals surface area contributed by atoms with Gasteiger partial charge in [0.15, 0.2) is 0 Å². The molecule has 82 valence electrons. The minimum absolute atomic E-state index is 0.855. The summed E-state index contributed by atoms with van der Waals surface area (Å²) in [6, 6.07) is 11.9. The summed E-state index contributed by atoms with van der Waals surface area (Å²) in [5.74, 6) is 0.927. The lowest BCUT2D eigenvalue weighted by atomic mass is 10.3. The van der Waals surface area contributed by atoms with Gasteiger partial charge >= 0.3 is 0 Å². The van der Waals surface area contributed by atoms with Gasteiger partial charge in [0, 0.05) is 30.6 Å². The first kappa shape index (κ1) is 10.6. The molecule has 0 spiro atoms. The maximum atomic E-state index is 4.37. The van der Waals surface area contributed by atoms with Gasteiger partial charge in [-0.1, -0.05) is 12.1 Å². The highest BCUT2D eigenvalue weighted by molar-refractivity contribution is 5.35. The molecule has 0 bridgehead atoms. The Hall–Kier alpha value is -1.90. The third-order valence-corrected chi connectivity index (χ3v) is 2.30. The first-order valence-electron chi connectivity index (χ1n) is 5.42. The Kier molecular flexibility index (Phi) is 3.49. The summed E-state index contributed by atoms with van der Waals surface area (Å²) in [7, 11) is 0. The van der Waals surface area contributed by atoms with E-state index >= 15 is 0 Å². The second-order valence-electron chi connectivity index (χ2n) is 3.66. The molecule has 0 amide bonds.